The highest BCUT2D eigenvalue weighted by Crippen LogP contribution is 2.32. The molecule has 0 aromatic heterocycles. The van der Waals surface area contributed by atoms with Crippen molar-refractivity contribution in [1.29, 1.82) is 0 Å². The molecule has 0 saturated carbocycles. The number of ether oxygens (including phenoxy) is 1. The topological polar surface area (TPSA) is 69.4 Å². The number of hydrogen-bond donors (Lipinski definition) is 0. The van der Waals surface area contributed by atoms with Crippen LogP contribution in [0.5, 0.6) is 0 Å². The third-order valence-electron chi connectivity index (χ3n) is 2.71. The van der Waals surface area contributed by atoms with Crippen molar-refractivity contribution in [1.82, 2.24) is 0 Å². The first-order valence-electron chi connectivity index (χ1n) is 6.40. The van der Waals surface area contributed by atoms with Gasteiger partial charge in [0.15, 0.2) is 0 Å². The molecule has 0 radical (unpaired) electrons. The Hall–Kier alpha value is -2.05. The smallest absolute Gasteiger partial charge is 0.345 e. The maximum Gasteiger partial charge on any atom is 0.345 e. The van der Waals surface area contributed by atoms with Crippen LogP contribution in [0.1, 0.15) is 17.3 Å². The summed E-state index contributed by atoms with van der Waals surface area (Å²) in [6.07, 6.45) is 0. The summed E-state index contributed by atoms with van der Waals surface area (Å²) >= 11 is 7.20. The van der Waals surface area contributed by atoms with E-state index in [0.717, 1.165) is 4.90 Å². The van der Waals surface area contributed by atoms with Crippen molar-refractivity contribution in [3.63, 3.8) is 0 Å². The molecule has 2 rings (SSSR count). The lowest BCUT2D eigenvalue weighted by Crippen LogP contribution is -2.08. The van der Waals surface area contributed by atoms with E-state index < -0.39 is 10.9 Å². The molecule has 0 saturated heterocycles. The van der Waals surface area contributed by atoms with Crippen molar-refractivity contribution in [2.24, 2.45) is 0 Å². The molecule has 0 aliphatic rings. The average Bonchev–Trinajstić information content (AvgIpc) is 2.49. The number of halogens is 1. The van der Waals surface area contributed by atoms with E-state index in [1.165, 1.54) is 23.9 Å². The second-order valence-electron chi connectivity index (χ2n) is 4.21. The van der Waals surface area contributed by atoms with Gasteiger partial charge in [0.1, 0.15) is 5.56 Å². The number of hydrogen-bond acceptors (Lipinski definition) is 5. The van der Waals surface area contributed by atoms with Crippen LogP contribution in [0.25, 0.3) is 0 Å². The van der Waals surface area contributed by atoms with Crippen LogP contribution in [-0.4, -0.2) is 17.5 Å². The fraction of sp³-hybridized carbons (Fsp3) is 0.133. The summed E-state index contributed by atoms with van der Waals surface area (Å²) in [5.74, 6) is -0.701. The van der Waals surface area contributed by atoms with Gasteiger partial charge in [0.25, 0.3) is 5.69 Å². The van der Waals surface area contributed by atoms with Gasteiger partial charge >= 0.3 is 5.97 Å². The first-order valence-corrected chi connectivity index (χ1v) is 7.59. The predicted molar refractivity (Wildman–Crippen MR) is 84.6 cm³/mol. The van der Waals surface area contributed by atoms with Gasteiger partial charge in [0.05, 0.1) is 11.5 Å². The van der Waals surface area contributed by atoms with Gasteiger partial charge in [-0.05, 0) is 43.3 Å². The van der Waals surface area contributed by atoms with E-state index in [2.05, 4.69) is 0 Å². The molecule has 7 heteroatoms. The van der Waals surface area contributed by atoms with Crippen LogP contribution >= 0.6 is 23.4 Å². The van der Waals surface area contributed by atoms with Crippen molar-refractivity contribution in [3.8, 4) is 0 Å². The predicted octanol–water partition coefficient (Wildman–Crippen LogP) is 4.58. The SMILES string of the molecule is CCOC(=O)c1cc(Sc2ccc(Cl)cc2)ccc1[N+](=O)[O-]. The standard InChI is InChI=1S/C15H12ClNO4S/c1-2-21-15(18)13-9-12(7-8-14(13)17(19)20)22-11-5-3-10(16)4-6-11/h3-9H,2H2,1H3. The van der Waals surface area contributed by atoms with Gasteiger partial charge < -0.3 is 4.74 Å². The molecule has 0 bridgehead atoms. The molecule has 0 amide bonds. The first-order chi connectivity index (χ1) is 10.5. The maximum atomic E-state index is 11.9. The third kappa shape index (κ3) is 3.99. The van der Waals surface area contributed by atoms with E-state index in [4.69, 9.17) is 16.3 Å². The Labute approximate surface area is 136 Å². The van der Waals surface area contributed by atoms with Crippen molar-refractivity contribution in [2.45, 2.75) is 16.7 Å². The minimum atomic E-state index is -0.701. The van der Waals surface area contributed by atoms with Gasteiger partial charge in [0.2, 0.25) is 0 Å². The molecule has 0 heterocycles. The second-order valence-corrected chi connectivity index (χ2v) is 5.80. The molecular weight excluding hydrogens is 326 g/mol. The van der Waals surface area contributed by atoms with Crippen LogP contribution in [0.4, 0.5) is 5.69 Å². The molecular formula is C15H12ClNO4S. The summed E-state index contributed by atoms with van der Waals surface area (Å²) in [5.41, 5.74) is -0.315. The van der Waals surface area contributed by atoms with Gasteiger partial charge in [-0.1, -0.05) is 23.4 Å². The Morgan fingerprint density at radius 2 is 1.86 bits per heavy atom. The number of benzene rings is 2. The Balaban J connectivity index is 2.33. The van der Waals surface area contributed by atoms with Gasteiger partial charge in [-0.3, -0.25) is 10.1 Å². The number of nitro groups is 1. The third-order valence-corrected chi connectivity index (χ3v) is 3.96. The zero-order valence-corrected chi connectivity index (χ0v) is 13.2. The van der Waals surface area contributed by atoms with E-state index in [0.29, 0.717) is 9.92 Å². The van der Waals surface area contributed by atoms with Crippen molar-refractivity contribution in [3.05, 3.63) is 63.2 Å². The van der Waals surface area contributed by atoms with Crippen molar-refractivity contribution in [2.75, 3.05) is 6.61 Å². The highest BCUT2D eigenvalue weighted by Gasteiger charge is 2.21. The number of nitro benzene ring substituents is 1. The highest BCUT2D eigenvalue weighted by molar-refractivity contribution is 7.99. The lowest BCUT2D eigenvalue weighted by Gasteiger charge is -2.06. The van der Waals surface area contributed by atoms with Gasteiger partial charge in [-0.15, -0.1) is 0 Å². The Kier molecular flexibility index (Phi) is 5.41. The zero-order valence-electron chi connectivity index (χ0n) is 11.6. The van der Waals surface area contributed by atoms with Crippen LogP contribution in [0, 0.1) is 10.1 Å². The molecule has 2 aromatic rings. The summed E-state index contributed by atoms with van der Waals surface area (Å²) in [6.45, 7) is 1.81. The van der Waals surface area contributed by atoms with Crippen LogP contribution in [-0.2, 0) is 4.74 Å². The first kappa shape index (κ1) is 16.3. The van der Waals surface area contributed by atoms with E-state index in [-0.39, 0.29) is 17.9 Å². The Bertz CT molecular complexity index is 703. The van der Waals surface area contributed by atoms with E-state index in [9.17, 15) is 14.9 Å². The average molecular weight is 338 g/mol. The number of rotatable bonds is 5. The van der Waals surface area contributed by atoms with Crippen LogP contribution in [0.2, 0.25) is 5.02 Å². The van der Waals surface area contributed by atoms with Gasteiger partial charge in [0, 0.05) is 20.9 Å². The van der Waals surface area contributed by atoms with Crippen molar-refractivity contribution < 1.29 is 14.5 Å². The number of nitrogens with zero attached hydrogens (tertiary/aromatic N) is 1. The molecule has 0 spiro atoms. The zero-order chi connectivity index (χ0) is 16.1. The Morgan fingerprint density at radius 1 is 1.23 bits per heavy atom. The molecule has 5 nitrogen and oxygen atoms in total. The molecule has 0 N–H and O–H groups in total. The van der Waals surface area contributed by atoms with E-state index in [1.54, 1.807) is 25.1 Å². The normalized spacial score (nSPS) is 10.3. The van der Waals surface area contributed by atoms with Gasteiger partial charge in [-0.25, -0.2) is 4.79 Å². The quantitative estimate of drug-likeness (QED) is 0.454. The van der Waals surface area contributed by atoms with Crippen LogP contribution in [0.15, 0.2) is 52.3 Å². The summed E-state index contributed by atoms with van der Waals surface area (Å²) < 4.78 is 4.87. The molecule has 0 unspecified atom stereocenters. The van der Waals surface area contributed by atoms with E-state index >= 15 is 0 Å². The summed E-state index contributed by atoms with van der Waals surface area (Å²) in [6, 6.07) is 11.5. The molecule has 0 atom stereocenters. The number of esters is 1. The monoisotopic (exact) mass is 337 g/mol. The molecule has 22 heavy (non-hydrogen) atoms. The lowest BCUT2D eigenvalue weighted by molar-refractivity contribution is -0.385. The minimum Gasteiger partial charge on any atom is -0.462 e. The summed E-state index contributed by atoms with van der Waals surface area (Å²) in [5, 5.41) is 11.6. The lowest BCUT2D eigenvalue weighted by atomic mass is 10.2. The van der Waals surface area contributed by atoms with Crippen LogP contribution in [0.3, 0.4) is 0 Å². The molecule has 0 aliphatic heterocycles. The maximum absolute atomic E-state index is 11.9. The molecule has 114 valence electrons. The van der Waals surface area contributed by atoms with Gasteiger partial charge in [-0.2, -0.15) is 0 Å². The number of carbonyl (C=O) groups excluding carboxylic acids is 1. The molecule has 2 aromatic carbocycles. The fourth-order valence-electron chi connectivity index (χ4n) is 1.75. The van der Waals surface area contributed by atoms with E-state index in [1.807, 2.05) is 12.1 Å². The largest absolute Gasteiger partial charge is 0.462 e. The minimum absolute atomic E-state index is 0.0502. The molecule has 0 fully saturated rings. The second kappa shape index (κ2) is 7.29. The fourth-order valence-corrected chi connectivity index (χ4v) is 2.73. The van der Waals surface area contributed by atoms with Crippen molar-refractivity contribution >= 4 is 35.0 Å². The van der Waals surface area contributed by atoms with Crippen LogP contribution < -0.4 is 0 Å². The number of carbonyl (C=O) groups is 1. The highest BCUT2D eigenvalue weighted by atomic mass is 35.5. The summed E-state index contributed by atoms with van der Waals surface area (Å²) in [7, 11) is 0. The Morgan fingerprint density at radius 3 is 2.45 bits per heavy atom. The molecule has 0 aliphatic carbocycles. The summed E-state index contributed by atoms with van der Waals surface area (Å²) in [4.78, 5) is 23.9.